The third kappa shape index (κ3) is 3.91. The molecule has 1 amide bonds. The van der Waals surface area contributed by atoms with E-state index in [1.807, 2.05) is 12.1 Å². The number of aromatic hydroxyl groups is 1. The molecule has 0 saturated carbocycles. The first-order chi connectivity index (χ1) is 8.74. The molecule has 0 radical (unpaired) electrons. The van der Waals surface area contributed by atoms with E-state index >= 15 is 0 Å². The summed E-state index contributed by atoms with van der Waals surface area (Å²) in [4.78, 5) is 11.7. The van der Waals surface area contributed by atoms with Crippen molar-refractivity contribution in [3.8, 4) is 5.75 Å². The molecule has 0 aromatic heterocycles. The Kier molecular flexibility index (Phi) is 4.40. The van der Waals surface area contributed by atoms with E-state index < -0.39 is 0 Å². The van der Waals surface area contributed by atoms with Crippen LogP contribution in [0.15, 0.2) is 36.4 Å². The molecule has 1 aromatic rings. The third-order valence-corrected chi connectivity index (χ3v) is 3.21. The van der Waals surface area contributed by atoms with Crippen LogP contribution in [0.25, 0.3) is 0 Å². The van der Waals surface area contributed by atoms with Gasteiger partial charge in [0.05, 0.1) is 0 Å². The molecule has 0 heterocycles. The molecule has 0 aliphatic heterocycles. The zero-order valence-electron chi connectivity index (χ0n) is 10.4. The van der Waals surface area contributed by atoms with Gasteiger partial charge in [-0.2, -0.15) is 0 Å². The summed E-state index contributed by atoms with van der Waals surface area (Å²) in [6.07, 6.45) is 7.82. The number of nitrogens with one attached hydrogen (secondary N) is 1. The lowest BCUT2D eigenvalue weighted by atomic mass is 10.0. The van der Waals surface area contributed by atoms with Gasteiger partial charge in [0.2, 0.25) is 5.91 Å². The molecule has 3 heteroatoms. The minimum absolute atomic E-state index is 0.117. The minimum atomic E-state index is 0.117. The highest BCUT2D eigenvalue weighted by Gasteiger charge is 2.13. The Morgan fingerprint density at radius 2 is 2.33 bits per heavy atom. The maximum Gasteiger partial charge on any atom is 0.220 e. The number of hydrogen-bond acceptors (Lipinski definition) is 2. The Balaban J connectivity index is 1.68. The first-order valence-electron chi connectivity index (χ1n) is 6.45. The highest BCUT2D eigenvalue weighted by molar-refractivity contribution is 5.76. The SMILES string of the molecule is O=C(CC1C=CCC1)NCCc1cccc(O)c1. The van der Waals surface area contributed by atoms with Crippen LogP contribution in [0.1, 0.15) is 24.8 Å². The van der Waals surface area contributed by atoms with Crippen LogP contribution >= 0.6 is 0 Å². The van der Waals surface area contributed by atoms with Gasteiger partial charge in [0.25, 0.3) is 0 Å². The minimum Gasteiger partial charge on any atom is -0.508 e. The molecule has 0 saturated heterocycles. The van der Waals surface area contributed by atoms with Crippen molar-refractivity contribution >= 4 is 5.91 Å². The van der Waals surface area contributed by atoms with Crippen molar-refractivity contribution in [2.45, 2.75) is 25.7 Å². The molecule has 1 aliphatic carbocycles. The zero-order valence-corrected chi connectivity index (χ0v) is 10.4. The van der Waals surface area contributed by atoms with Gasteiger partial charge in [-0.3, -0.25) is 4.79 Å². The first kappa shape index (κ1) is 12.7. The second-order valence-electron chi connectivity index (χ2n) is 4.74. The Morgan fingerprint density at radius 1 is 1.44 bits per heavy atom. The highest BCUT2D eigenvalue weighted by atomic mass is 16.3. The first-order valence-corrected chi connectivity index (χ1v) is 6.45. The van der Waals surface area contributed by atoms with E-state index in [-0.39, 0.29) is 11.7 Å². The number of amides is 1. The van der Waals surface area contributed by atoms with Crippen LogP contribution in [0.4, 0.5) is 0 Å². The van der Waals surface area contributed by atoms with Crippen molar-refractivity contribution < 1.29 is 9.90 Å². The Morgan fingerprint density at radius 3 is 3.06 bits per heavy atom. The van der Waals surface area contributed by atoms with E-state index in [4.69, 9.17) is 0 Å². The third-order valence-electron chi connectivity index (χ3n) is 3.21. The monoisotopic (exact) mass is 245 g/mol. The van der Waals surface area contributed by atoms with Crippen LogP contribution in [-0.4, -0.2) is 17.6 Å². The van der Waals surface area contributed by atoms with E-state index in [2.05, 4.69) is 17.5 Å². The fourth-order valence-corrected chi connectivity index (χ4v) is 2.23. The summed E-state index contributed by atoms with van der Waals surface area (Å²) in [5.74, 6) is 0.812. The van der Waals surface area contributed by atoms with Crippen LogP contribution in [0.2, 0.25) is 0 Å². The molecule has 0 spiro atoms. The number of phenols is 1. The summed E-state index contributed by atoms with van der Waals surface area (Å²) in [6.45, 7) is 0.624. The quantitative estimate of drug-likeness (QED) is 0.783. The van der Waals surface area contributed by atoms with E-state index in [0.29, 0.717) is 18.9 Å². The number of carbonyl (C=O) groups excluding carboxylic acids is 1. The van der Waals surface area contributed by atoms with E-state index in [1.54, 1.807) is 12.1 Å². The smallest absolute Gasteiger partial charge is 0.220 e. The molecular formula is C15H19NO2. The van der Waals surface area contributed by atoms with Crippen molar-refractivity contribution in [3.63, 3.8) is 0 Å². The van der Waals surface area contributed by atoms with Crippen molar-refractivity contribution in [3.05, 3.63) is 42.0 Å². The summed E-state index contributed by atoms with van der Waals surface area (Å²) < 4.78 is 0. The fraction of sp³-hybridized carbons (Fsp3) is 0.400. The Hall–Kier alpha value is -1.77. The summed E-state index contributed by atoms with van der Waals surface area (Å²) in [5.41, 5.74) is 1.04. The van der Waals surface area contributed by atoms with Crippen LogP contribution in [0, 0.1) is 5.92 Å². The van der Waals surface area contributed by atoms with Gasteiger partial charge in [0, 0.05) is 13.0 Å². The number of rotatable bonds is 5. The van der Waals surface area contributed by atoms with Gasteiger partial charge in [0.15, 0.2) is 0 Å². The van der Waals surface area contributed by atoms with Gasteiger partial charge in [0.1, 0.15) is 5.75 Å². The summed E-state index contributed by atoms with van der Waals surface area (Å²) in [5, 5.41) is 12.2. The van der Waals surface area contributed by atoms with Gasteiger partial charge in [-0.1, -0.05) is 24.3 Å². The molecule has 0 bridgehead atoms. The molecule has 18 heavy (non-hydrogen) atoms. The largest absolute Gasteiger partial charge is 0.508 e. The molecule has 96 valence electrons. The summed E-state index contributed by atoms with van der Waals surface area (Å²) in [7, 11) is 0. The number of phenolic OH excluding ortho intramolecular Hbond substituents is 1. The highest BCUT2D eigenvalue weighted by Crippen LogP contribution is 2.19. The van der Waals surface area contributed by atoms with Gasteiger partial charge >= 0.3 is 0 Å². The Labute approximate surface area is 108 Å². The number of hydrogen-bond donors (Lipinski definition) is 2. The number of benzene rings is 1. The predicted octanol–water partition coefficient (Wildman–Crippen LogP) is 2.41. The van der Waals surface area contributed by atoms with Crippen LogP contribution in [0.5, 0.6) is 5.75 Å². The second-order valence-corrected chi connectivity index (χ2v) is 4.74. The molecule has 1 unspecified atom stereocenters. The zero-order chi connectivity index (χ0) is 12.8. The van der Waals surface area contributed by atoms with E-state index in [0.717, 1.165) is 24.8 Å². The van der Waals surface area contributed by atoms with Gasteiger partial charge in [-0.15, -0.1) is 0 Å². The normalized spacial score (nSPS) is 17.9. The molecule has 1 aromatic carbocycles. The van der Waals surface area contributed by atoms with Crippen molar-refractivity contribution in [1.82, 2.24) is 5.32 Å². The Bertz CT molecular complexity index is 440. The molecule has 1 aliphatic rings. The van der Waals surface area contributed by atoms with Gasteiger partial charge in [-0.05, 0) is 42.9 Å². The maximum absolute atomic E-state index is 11.7. The second kappa shape index (κ2) is 6.24. The lowest BCUT2D eigenvalue weighted by Crippen LogP contribution is -2.26. The molecule has 0 fully saturated rings. The standard InChI is InChI=1S/C15H19NO2/c17-14-7-3-6-13(10-14)8-9-16-15(18)11-12-4-1-2-5-12/h1,3-4,6-7,10,12,17H,2,5,8-9,11H2,(H,16,18). The molecular weight excluding hydrogens is 226 g/mol. The van der Waals surface area contributed by atoms with Crippen LogP contribution < -0.4 is 5.32 Å². The topological polar surface area (TPSA) is 49.3 Å². The average Bonchev–Trinajstić information content (AvgIpc) is 2.82. The predicted molar refractivity (Wildman–Crippen MR) is 71.3 cm³/mol. The van der Waals surface area contributed by atoms with Crippen LogP contribution in [0.3, 0.4) is 0 Å². The number of carbonyl (C=O) groups is 1. The lowest BCUT2D eigenvalue weighted by Gasteiger charge is -2.08. The maximum atomic E-state index is 11.7. The molecule has 1 atom stereocenters. The van der Waals surface area contributed by atoms with E-state index in [1.165, 1.54) is 0 Å². The molecule has 2 N–H and O–H groups in total. The van der Waals surface area contributed by atoms with Crippen molar-refractivity contribution in [2.75, 3.05) is 6.54 Å². The fourth-order valence-electron chi connectivity index (χ4n) is 2.23. The lowest BCUT2D eigenvalue weighted by molar-refractivity contribution is -0.121. The van der Waals surface area contributed by atoms with Gasteiger partial charge in [-0.25, -0.2) is 0 Å². The van der Waals surface area contributed by atoms with Crippen molar-refractivity contribution in [1.29, 1.82) is 0 Å². The average molecular weight is 245 g/mol. The molecule has 2 rings (SSSR count). The van der Waals surface area contributed by atoms with Crippen LogP contribution in [-0.2, 0) is 11.2 Å². The number of allylic oxidation sites excluding steroid dienone is 2. The molecule has 3 nitrogen and oxygen atoms in total. The summed E-state index contributed by atoms with van der Waals surface area (Å²) >= 11 is 0. The summed E-state index contributed by atoms with van der Waals surface area (Å²) in [6, 6.07) is 7.14. The van der Waals surface area contributed by atoms with E-state index in [9.17, 15) is 9.90 Å². The van der Waals surface area contributed by atoms with Crippen molar-refractivity contribution in [2.24, 2.45) is 5.92 Å². The van der Waals surface area contributed by atoms with Gasteiger partial charge < -0.3 is 10.4 Å².